The summed E-state index contributed by atoms with van der Waals surface area (Å²) in [6, 6.07) is 8.81. The standard InChI is InChI=1S/C17H16ClN3O2/c18-14(22)11-21-16(23)15(13-6-4-12(10-19)5-7-13)20-17(21)8-2-1-3-9-17/h4-7H,1-3,8-9,11H2. The van der Waals surface area contributed by atoms with E-state index in [9.17, 15) is 9.59 Å². The van der Waals surface area contributed by atoms with Crippen LogP contribution in [0.5, 0.6) is 0 Å². The number of nitrogens with zero attached hydrogens (tertiary/aromatic N) is 3. The molecule has 0 atom stereocenters. The van der Waals surface area contributed by atoms with E-state index in [-0.39, 0.29) is 12.5 Å². The number of benzene rings is 1. The minimum atomic E-state index is -0.636. The van der Waals surface area contributed by atoms with Crippen LogP contribution in [0.3, 0.4) is 0 Å². The first-order valence-electron chi connectivity index (χ1n) is 7.66. The molecule has 1 amide bonds. The summed E-state index contributed by atoms with van der Waals surface area (Å²) in [7, 11) is 0. The van der Waals surface area contributed by atoms with E-state index in [1.807, 2.05) is 0 Å². The van der Waals surface area contributed by atoms with E-state index in [1.165, 1.54) is 4.90 Å². The number of hydrogen-bond donors (Lipinski definition) is 0. The van der Waals surface area contributed by atoms with Gasteiger partial charge in [0.25, 0.3) is 5.91 Å². The van der Waals surface area contributed by atoms with E-state index in [1.54, 1.807) is 24.3 Å². The van der Waals surface area contributed by atoms with Gasteiger partial charge in [-0.05, 0) is 49.4 Å². The molecule has 0 bridgehead atoms. The van der Waals surface area contributed by atoms with E-state index >= 15 is 0 Å². The Labute approximate surface area is 139 Å². The minimum Gasteiger partial charge on any atom is -0.304 e. The highest BCUT2D eigenvalue weighted by Gasteiger charge is 2.48. The lowest BCUT2D eigenvalue weighted by molar-refractivity contribution is -0.132. The fraction of sp³-hybridized carbons (Fsp3) is 0.412. The molecule has 0 radical (unpaired) electrons. The molecular formula is C17H16ClN3O2. The van der Waals surface area contributed by atoms with Crippen LogP contribution in [0.2, 0.25) is 0 Å². The molecule has 0 aromatic heterocycles. The summed E-state index contributed by atoms with van der Waals surface area (Å²) in [5, 5.41) is 8.32. The molecule has 118 valence electrons. The first-order valence-corrected chi connectivity index (χ1v) is 8.04. The van der Waals surface area contributed by atoms with Crippen molar-refractivity contribution in [1.82, 2.24) is 4.90 Å². The summed E-state index contributed by atoms with van der Waals surface area (Å²) in [5.41, 5.74) is 0.918. The average molecular weight is 330 g/mol. The van der Waals surface area contributed by atoms with Crippen molar-refractivity contribution in [1.29, 1.82) is 5.26 Å². The van der Waals surface area contributed by atoms with Crippen molar-refractivity contribution in [3.63, 3.8) is 0 Å². The lowest BCUT2D eigenvalue weighted by Gasteiger charge is -2.38. The lowest BCUT2D eigenvalue weighted by Crippen LogP contribution is -2.49. The van der Waals surface area contributed by atoms with Crippen molar-refractivity contribution in [2.45, 2.75) is 37.8 Å². The van der Waals surface area contributed by atoms with Crippen molar-refractivity contribution in [3.05, 3.63) is 35.4 Å². The third-order valence-electron chi connectivity index (χ3n) is 4.49. The van der Waals surface area contributed by atoms with Crippen LogP contribution in [0, 0.1) is 11.3 Å². The summed E-state index contributed by atoms with van der Waals surface area (Å²) in [4.78, 5) is 30.4. The van der Waals surface area contributed by atoms with Crippen LogP contribution < -0.4 is 0 Å². The van der Waals surface area contributed by atoms with Crippen LogP contribution in [0.1, 0.15) is 43.2 Å². The van der Waals surface area contributed by atoms with Gasteiger partial charge in [0.1, 0.15) is 11.4 Å². The first kappa shape index (κ1) is 15.7. The van der Waals surface area contributed by atoms with Gasteiger partial charge in [0.05, 0.1) is 18.2 Å². The monoisotopic (exact) mass is 329 g/mol. The van der Waals surface area contributed by atoms with E-state index in [0.717, 1.165) is 32.1 Å². The maximum atomic E-state index is 12.8. The molecule has 1 aliphatic carbocycles. The number of aliphatic imine (C=N–C) groups is 1. The number of rotatable bonds is 3. The second-order valence-corrected chi connectivity index (χ2v) is 6.36. The van der Waals surface area contributed by atoms with Gasteiger partial charge in [-0.25, -0.2) is 0 Å². The Morgan fingerprint density at radius 3 is 2.48 bits per heavy atom. The van der Waals surface area contributed by atoms with Crippen molar-refractivity contribution in [2.75, 3.05) is 6.54 Å². The Balaban J connectivity index is 1.99. The Bertz CT molecular complexity index is 712. The topological polar surface area (TPSA) is 73.5 Å². The zero-order chi connectivity index (χ0) is 16.4. The van der Waals surface area contributed by atoms with Gasteiger partial charge in [0, 0.05) is 5.56 Å². The first-order chi connectivity index (χ1) is 11.1. The summed E-state index contributed by atoms with van der Waals surface area (Å²) in [5.74, 6) is -0.259. The van der Waals surface area contributed by atoms with E-state index in [0.29, 0.717) is 16.8 Å². The predicted octanol–water partition coefficient (Wildman–Crippen LogP) is 2.62. The van der Waals surface area contributed by atoms with Crippen LogP contribution in [-0.4, -0.2) is 34.0 Å². The summed E-state index contributed by atoms with van der Waals surface area (Å²) >= 11 is 5.54. The van der Waals surface area contributed by atoms with Crippen molar-refractivity contribution < 1.29 is 9.59 Å². The Morgan fingerprint density at radius 2 is 1.91 bits per heavy atom. The smallest absolute Gasteiger partial charge is 0.275 e. The second-order valence-electron chi connectivity index (χ2n) is 5.94. The molecule has 1 aliphatic heterocycles. The zero-order valence-electron chi connectivity index (χ0n) is 12.6. The van der Waals surface area contributed by atoms with Crippen LogP contribution in [0.25, 0.3) is 0 Å². The Kier molecular flexibility index (Phi) is 4.18. The minimum absolute atomic E-state index is 0.121. The maximum absolute atomic E-state index is 12.8. The van der Waals surface area contributed by atoms with Gasteiger partial charge >= 0.3 is 0 Å². The third-order valence-corrected chi connectivity index (χ3v) is 4.61. The average Bonchev–Trinajstić information content (AvgIpc) is 2.81. The highest BCUT2D eigenvalue weighted by atomic mass is 35.5. The van der Waals surface area contributed by atoms with E-state index in [4.69, 9.17) is 21.9 Å². The summed E-state index contributed by atoms with van der Waals surface area (Å²) in [6.07, 6.45) is 4.57. The number of carbonyl (C=O) groups excluding carboxylic acids is 2. The Hall–Kier alpha value is -2.19. The van der Waals surface area contributed by atoms with Crippen molar-refractivity contribution >= 4 is 28.5 Å². The maximum Gasteiger partial charge on any atom is 0.275 e. The summed E-state index contributed by atoms with van der Waals surface area (Å²) in [6.45, 7) is -0.121. The number of amides is 1. The normalized spacial score (nSPS) is 19.6. The molecule has 5 nitrogen and oxygen atoms in total. The van der Waals surface area contributed by atoms with Gasteiger partial charge in [-0.3, -0.25) is 14.6 Å². The molecule has 1 heterocycles. The van der Waals surface area contributed by atoms with Gasteiger partial charge in [-0.1, -0.05) is 18.6 Å². The van der Waals surface area contributed by atoms with Crippen LogP contribution >= 0.6 is 11.6 Å². The van der Waals surface area contributed by atoms with E-state index < -0.39 is 10.9 Å². The fourth-order valence-corrected chi connectivity index (χ4v) is 3.49. The number of nitriles is 1. The second kappa shape index (κ2) is 6.13. The zero-order valence-corrected chi connectivity index (χ0v) is 13.3. The largest absolute Gasteiger partial charge is 0.304 e. The molecule has 1 fully saturated rings. The van der Waals surface area contributed by atoms with E-state index in [2.05, 4.69) is 6.07 Å². The number of carbonyl (C=O) groups is 2. The molecule has 2 aliphatic rings. The quantitative estimate of drug-likeness (QED) is 0.800. The summed E-state index contributed by atoms with van der Waals surface area (Å²) < 4.78 is 0. The van der Waals surface area contributed by atoms with Gasteiger partial charge in [-0.15, -0.1) is 0 Å². The fourth-order valence-electron chi connectivity index (χ4n) is 3.37. The molecule has 0 unspecified atom stereocenters. The molecule has 0 saturated heterocycles. The molecule has 1 saturated carbocycles. The molecule has 6 heteroatoms. The van der Waals surface area contributed by atoms with Gasteiger partial charge in [-0.2, -0.15) is 5.26 Å². The Morgan fingerprint density at radius 1 is 1.26 bits per heavy atom. The van der Waals surface area contributed by atoms with Gasteiger partial charge in [0.2, 0.25) is 5.24 Å². The number of hydrogen-bond acceptors (Lipinski definition) is 4. The SMILES string of the molecule is N#Cc1ccc(C2=NC3(CCCCC3)N(CC(=O)Cl)C2=O)cc1. The highest BCUT2D eigenvalue weighted by molar-refractivity contribution is 6.64. The lowest BCUT2D eigenvalue weighted by atomic mass is 9.88. The molecule has 0 N–H and O–H groups in total. The predicted molar refractivity (Wildman–Crippen MR) is 86.1 cm³/mol. The van der Waals surface area contributed by atoms with Gasteiger partial charge < -0.3 is 4.90 Å². The molecule has 1 aromatic carbocycles. The van der Waals surface area contributed by atoms with Crippen LogP contribution in [0.4, 0.5) is 0 Å². The number of halogens is 1. The highest BCUT2D eigenvalue weighted by Crippen LogP contribution is 2.39. The van der Waals surface area contributed by atoms with Crippen molar-refractivity contribution in [3.8, 4) is 6.07 Å². The molecule has 1 aromatic rings. The molecule has 23 heavy (non-hydrogen) atoms. The van der Waals surface area contributed by atoms with Crippen molar-refractivity contribution in [2.24, 2.45) is 4.99 Å². The molecule has 1 spiro atoms. The third kappa shape index (κ3) is 2.87. The molecule has 3 rings (SSSR count). The van der Waals surface area contributed by atoms with Crippen LogP contribution in [-0.2, 0) is 9.59 Å². The van der Waals surface area contributed by atoms with Crippen LogP contribution in [0.15, 0.2) is 29.3 Å². The van der Waals surface area contributed by atoms with Gasteiger partial charge in [0.15, 0.2) is 0 Å². The molecular weight excluding hydrogens is 314 g/mol.